The van der Waals surface area contributed by atoms with E-state index in [2.05, 4.69) is 0 Å². The van der Waals surface area contributed by atoms with E-state index in [1.54, 1.807) is 47.5 Å². The van der Waals surface area contributed by atoms with Gasteiger partial charge in [0.15, 0.2) is 11.5 Å². The molecule has 0 radical (unpaired) electrons. The molecule has 1 amide bonds. The summed E-state index contributed by atoms with van der Waals surface area (Å²) in [7, 11) is -2.32. The summed E-state index contributed by atoms with van der Waals surface area (Å²) >= 11 is 12.7. The molecule has 3 heterocycles. The third-order valence-corrected chi connectivity index (χ3v) is 12.3. The molecule has 0 N–H and O–H groups in total. The summed E-state index contributed by atoms with van der Waals surface area (Å²) in [4.78, 5) is 32.0. The van der Waals surface area contributed by atoms with Gasteiger partial charge < -0.3 is 28.6 Å². The number of aromatic nitrogens is 1. The number of para-hydroxylation sites is 1. The molecule has 15 heteroatoms. The molecule has 3 aliphatic rings. The van der Waals surface area contributed by atoms with Crippen LogP contribution in [0.15, 0.2) is 88.7 Å². The molecule has 4 aromatic carbocycles. The number of pyridine rings is 1. The Kier molecular flexibility index (Phi) is 9.67. The third-order valence-electron chi connectivity index (χ3n) is 9.93. The zero-order valence-corrected chi connectivity index (χ0v) is 31.5. The number of carbonyl (C=O) groups excluding carboxylic acids is 1. The number of nitrogens with zero attached hydrogens (tertiary/aromatic N) is 4. The molecule has 54 heavy (non-hydrogen) atoms. The van der Waals surface area contributed by atoms with E-state index in [1.807, 2.05) is 22.8 Å². The Morgan fingerprint density at radius 1 is 0.926 bits per heavy atom. The second kappa shape index (κ2) is 14.4. The van der Waals surface area contributed by atoms with Gasteiger partial charge in [-0.15, -0.1) is 0 Å². The normalized spacial score (nSPS) is 16.0. The van der Waals surface area contributed by atoms with Crippen molar-refractivity contribution in [3.05, 3.63) is 116 Å². The summed E-state index contributed by atoms with van der Waals surface area (Å²) < 4.78 is 63.2. The maximum Gasteiger partial charge on any atom is 0.264 e. The largest absolute Gasteiger partial charge is 0.496 e. The van der Waals surface area contributed by atoms with Crippen LogP contribution in [0.4, 0.5) is 15.8 Å². The van der Waals surface area contributed by atoms with Gasteiger partial charge in [0.05, 0.1) is 29.8 Å². The Morgan fingerprint density at radius 3 is 2.33 bits per heavy atom. The van der Waals surface area contributed by atoms with E-state index in [9.17, 15) is 18.0 Å². The summed E-state index contributed by atoms with van der Waals surface area (Å²) in [6.07, 6.45) is 3.21. The molecule has 5 aromatic rings. The van der Waals surface area contributed by atoms with Gasteiger partial charge in [0.25, 0.3) is 5.91 Å². The second-order valence-electron chi connectivity index (χ2n) is 13.4. The number of anilines is 2. The van der Waals surface area contributed by atoms with Gasteiger partial charge in [-0.3, -0.25) is 9.59 Å². The maximum atomic E-state index is 16.1. The minimum atomic E-state index is -3.86. The van der Waals surface area contributed by atoms with Crippen molar-refractivity contribution in [2.24, 2.45) is 0 Å². The number of hydrogen-bond acceptors (Lipinski definition) is 8. The van der Waals surface area contributed by atoms with E-state index in [4.69, 9.17) is 37.4 Å². The first kappa shape index (κ1) is 36.2. The van der Waals surface area contributed by atoms with Crippen LogP contribution in [-0.4, -0.2) is 69.7 Å². The van der Waals surface area contributed by atoms with Gasteiger partial charge in [0, 0.05) is 71.2 Å². The van der Waals surface area contributed by atoms with E-state index < -0.39 is 27.2 Å². The number of sulfonamides is 1. The molecule has 0 spiro atoms. The molecule has 8 rings (SSSR count). The smallest absolute Gasteiger partial charge is 0.264 e. The van der Waals surface area contributed by atoms with Crippen molar-refractivity contribution >= 4 is 61.4 Å². The van der Waals surface area contributed by atoms with E-state index in [0.717, 1.165) is 12.8 Å². The van der Waals surface area contributed by atoms with Crippen molar-refractivity contribution in [2.75, 3.05) is 56.3 Å². The summed E-state index contributed by atoms with van der Waals surface area (Å²) in [5.74, 6) is 0.161. The predicted octanol–water partition coefficient (Wildman–Crippen LogP) is 6.92. The van der Waals surface area contributed by atoms with E-state index in [1.165, 1.54) is 34.5 Å². The molecule has 11 nitrogen and oxygen atoms in total. The fourth-order valence-electron chi connectivity index (χ4n) is 7.04. The summed E-state index contributed by atoms with van der Waals surface area (Å²) in [5, 5.41) is 0.677. The lowest BCUT2D eigenvalue weighted by Crippen LogP contribution is -2.49. The molecule has 2 aliphatic heterocycles. The SMILES string of the molecule is COc1ccccc1CN(C(=O)c1cn(C2CC2)c2cc(N3CCN(S(=O)(=O)c4ccc5c(c4)OCCO5)CC3)c(F)cc2c1=O)c1cc(Cl)cc(Cl)c1. The van der Waals surface area contributed by atoms with Crippen LogP contribution in [0.25, 0.3) is 10.9 Å². The van der Waals surface area contributed by atoms with Crippen LogP contribution in [0.2, 0.25) is 10.0 Å². The first-order valence-corrected chi connectivity index (χ1v) is 19.6. The molecule has 1 aliphatic carbocycles. The number of benzene rings is 4. The molecule has 1 aromatic heterocycles. The van der Waals surface area contributed by atoms with Gasteiger partial charge in [0.2, 0.25) is 15.5 Å². The lowest BCUT2D eigenvalue weighted by atomic mass is 10.1. The molecular weight excluding hydrogens is 758 g/mol. The van der Waals surface area contributed by atoms with Gasteiger partial charge in [-0.05, 0) is 61.4 Å². The molecule has 0 atom stereocenters. The fourth-order valence-corrected chi connectivity index (χ4v) is 8.99. The van der Waals surface area contributed by atoms with Crippen molar-refractivity contribution in [3.63, 3.8) is 0 Å². The molecule has 280 valence electrons. The standard InChI is InChI=1S/C39H35Cl2FN4O7S/c1-51-35-5-3-2-4-24(35)22-46(28-17-25(40)16-26(41)18-28)39(48)31-23-45(27-6-7-27)33-21-34(32(42)20-30(33)38(31)47)43-10-12-44(13-11-43)54(49,50)29-8-9-36-37(19-29)53-15-14-52-36/h2-5,8-9,16-21,23,27H,6-7,10-15,22H2,1H3. The van der Waals surface area contributed by atoms with E-state index in [0.29, 0.717) is 57.3 Å². The highest BCUT2D eigenvalue weighted by atomic mass is 35.5. The Morgan fingerprint density at radius 2 is 1.63 bits per heavy atom. The maximum absolute atomic E-state index is 16.1. The highest BCUT2D eigenvalue weighted by molar-refractivity contribution is 7.89. The molecule has 0 bridgehead atoms. The highest BCUT2D eigenvalue weighted by Crippen LogP contribution is 2.39. The van der Waals surface area contributed by atoms with Crippen LogP contribution in [0.3, 0.4) is 0 Å². The van der Waals surface area contributed by atoms with Crippen molar-refractivity contribution in [1.82, 2.24) is 8.87 Å². The molecule has 0 unspecified atom stereocenters. The highest BCUT2D eigenvalue weighted by Gasteiger charge is 2.33. The monoisotopic (exact) mass is 792 g/mol. The minimum Gasteiger partial charge on any atom is -0.496 e. The first-order chi connectivity index (χ1) is 26.0. The van der Waals surface area contributed by atoms with Crippen LogP contribution in [0.5, 0.6) is 17.2 Å². The lowest BCUT2D eigenvalue weighted by molar-refractivity contribution is 0.0983. The van der Waals surface area contributed by atoms with Gasteiger partial charge in [-0.2, -0.15) is 4.31 Å². The quantitative estimate of drug-likeness (QED) is 0.158. The van der Waals surface area contributed by atoms with Crippen molar-refractivity contribution in [1.29, 1.82) is 0 Å². The Balaban J connectivity index is 1.11. The minimum absolute atomic E-state index is 0.00855. The van der Waals surface area contributed by atoms with Crippen LogP contribution >= 0.6 is 23.2 Å². The Hall–Kier alpha value is -4.82. The van der Waals surface area contributed by atoms with Gasteiger partial charge in [0.1, 0.15) is 30.3 Å². The van der Waals surface area contributed by atoms with Gasteiger partial charge in [-0.1, -0.05) is 41.4 Å². The van der Waals surface area contributed by atoms with E-state index in [-0.39, 0.29) is 60.3 Å². The van der Waals surface area contributed by atoms with Crippen LogP contribution < -0.4 is 29.4 Å². The van der Waals surface area contributed by atoms with Crippen LogP contribution in [0.1, 0.15) is 34.8 Å². The second-order valence-corrected chi connectivity index (χ2v) is 16.2. The lowest BCUT2D eigenvalue weighted by Gasteiger charge is -2.35. The van der Waals surface area contributed by atoms with Crippen molar-refractivity contribution in [2.45, 2.75) is 30.3 Å². The molecule has 2 fully saturated rings. The van der Waals surface area contributed by atoms with Gasteiger partial charge in [-0.25, -0.2) is 12.8 Å². The summed E-state index contributed by atoms with van der Waals surface area (Å²) in [6, 6.07) is 19.3. The first-order valence-electron chi connectivity index (χ1n) is 17.4. The van der Waals surface area contributed by atoms with E-state index >= 15 is 4.39 Å². The Bertz CT molecular complexity index is 2450. The zero-order valence-electron chi connectivity index (χ0n) is 29.1. The average molecular weight is 794 g/mol. The topological polar surface area (TPSA) is 111 Å². The number of ether oxygens (including phenoxy) is 3. The number of amides is 1. The summed E-state index contributed by atoms with van der Waals surface area (Å²) in [5.41, 5.74) is 1.04. The summed E-state index contributed by atoms with van der Waals surface area (Å²) in [6.45, 7) is 1.43. The molecule has 1 saturated carbocycles. The van der Waals surface area contributed by atoms with Crippen LogP contribution in [-0.2, 0) is 16.6 Å². The molecule has 1 saturated heterocycles. The number of fused-ring (bicyclic) bond motifs is 2. The zero-order chi connectivity index (χ0) is 37.7. The predicted molar refractivity (Wildman–Crippen MR) is 205 cm³/mol. The Labute approximate surface area is 321 Å². The number of piperazine rings is 1. The third kappa shape index (κ3) is 6.85. The number of hydrogen-bond donors (Lipinski definition) is 0. The molecular formula is C39H35Cl2FN4O7S. The van der Waals surface area contributed by atoms with Crippen molar-refractivity contribution < 1.29 is 31.8 Å². The number of halogens is 3. The number of carbonyl (C=O) groups is 1. The van der Waals surface area contributed by atoms with Crippen LogP contribution in [0, 0.1) is 5.82 Å². The average Bonchev–Trinajstić information content (AvgIpc) is 4.02. The number of methoxy groups -OCH3 is 1. The fraction of sp³-hybridized carbons (Fsp3) is 0.282. The van der Waals surface area contributed by atoms with Gasteiger partial charge >= 0.3 is 0 Å². The van der Waals surface area contributed by atoms with Crippen molar-refractivity contribution in [3.8, 4) is 17.2 Å². The number of rotatable bonds is 9.